The van der Waals surface area contributed by atoms with Crippen LogP contribution >= 0.6 is 11.6 Å². The summed E-state index contributed by atoms with van der Waals surface area (Å²) in [6, 6.07) is 12.8. The van der Waals surface area contributed by atoms with Crippen LogP contribution in [0.3, 0.4) is 0 Å². The summed E-state index contributed by atoms with van der Waals surface area (Å²) in [5.41, 5.74) is 1.66. The number of nitrogens with one attached hydrogen (secondary N) is 1. The third kappa shape index (κ3) is 4.82. The molecule has 0 aromatic heterocycles. The smallest absolute Gasteiger partial charge is 0.251 e. The molecule has 2 aromatic rings. The molecule has 0 unspecified atom stereocenters. The van der Waals surface area contributed by atoms with E-state index in [0.717, 1.165) is 18.4 Å². The van der Waals surface area contributed by atoms with E-state index in [0.29, 0.717) is 48.0 Å². The van der Waals surface area contributed by atoms with Crippen LogP contribution in [0.15, 0.2) is 42.5 Å². The van der Waals surface area contributed by atoms with Gasteiger partial charge in [0.1, 0.15) is 0 Å². The molecule has 6 nitrogen and oxygen atoms in total. The van der Waals surface area contributed by atoms with Gasteiger partial charge in [-0.3, -0.25) is 9.59 Å². The molecule has 2 aliphatic heterocycles. The Bertz CT molecular complexity index is 892. The van der Waals surface area contributed by atoms with Crippen molar-refractivity contribution in [3.05, 3.63) is 58.6 Å². The van der Waals surface area contributed by atoms with Gasteiger partial charge in [0.15, 0.2) is 11.5 Å². The number of ether oxygens (including phenoxy) is 2. The third-order valence-corrected chi connectivity index (χ3v) is 5.61. The molecule has 29 heavy (non-hydrogen) atoms. The molecule has 0 radical (unpaired) electrons. The Labute approximate surface area is 174 Å². The summed E-state index contributed by atoms with van der Waals surface area (Å²) in [6.07, 6.45) is 2.69. The van der Waals surface area contributed by atoms with Crippen molar-refractivity contribution in [3.8, 4) is 11.5 Å². The molecule has 0 atom stereocenters. The first-order chi connectivity index (χ1) is 14.1. The molecule has 7 heteroatoms. The predicted octanol–water partition coefficient (Wildman–Crippen LogP) is 3.42. The maximum Gasteiger partial charge on any atom is 0.251 e. The van der Waals surface area contributed by atoms with Gasteiger partial charge in [-0.2, -0.15) is 0 Å². The lowest BCUT2D eigenvalue weighted by atomic mass is 10.0. The van der Waals surface area contributed by atoms with Gasteiger partial charge < -0.3 is 19.7 Å². The Morgan fingerprint density at radius 3 is 2.52 bits per heavy atom. The van der Waals surface area contributed by atoms with Crippen molar-refractivity contribution in [1.82, 2.24) is 10.2 Å². The van der Waals surface area contributed by atoms with E-state index in [2.05, 4.69) is 5.32 Å². The van der Waals surface area contributed by atoms with Crippen LogP contribution in [0.4, 0.5) is 0 Å². The first-order valence-electron chi connectivity index (χ1n) is 9.81. The maximum absolute atomic E-state index is 12.5. The molecule has 0 spiro atoms. The SMILES string of the molecule is O=C(NC1CCN(C(=O)CCc2ccc(Cl)cc2)CC1)c1ccc2c(c1)OCO2. The van der Waals surface area contributed by atoms with E-state index in [1.807, 2.05) is 29.2 Å². The highest BCUT2D eigenvalue weighted by molar-refractivity contribution is 6.30. The van der Waals surface area contributed by atoms with Crippen molar-refractivity contribution in [1.29, 1.82) is 0 Å². The third-order valence-electron chi connectivity index (χ3n) is 5.36. The normalized spacial score (nSPS) is 16.0. The molecular weight excluding hydrogens is 392 g/mol. The highest BCUT2D eigenvalue weighted by atomic mass is 35.5. The van der Waals surface area contributed by atoms with Crippen molar-refractivity contribution >= 4 is 23.4 Å². The Kier molecular flexibility index (Phi) is 5.90. The molecule has 0 saturated carbocycles. The standard InChI is InChI=1S/C22H23ClN2O4/c23-17-5-1-15(2-6-17)3-8-21(26)25-11-9-18(10-12-25)24-22(27)16-4-7-19-20(13-16)29-14-28-19/h1-2,4-7,13,18H,3,8-12,14H2,(H,24,27). The van der Waals surface area contributed by atoms with Crippen molar-refractivity contribution < 1.29 is 19.1 Å². The molecule has 4 rings (SSSR count). The summed E-state index contributed by atoms with van der Waals surface area (Å²) < 4.78 is 10.6. The minimum atomic E-state index is -0.129. The molecule has 1 fully saturated rings. The summed E-state index contributed by atoms with van der Waals surface area (Å²) in [5, 5.41) is 3.76. The summed E-state index contributed by atoms with van der Waals surface area (Å²) in [6.45, 7) is 1.50. The number of nitrogens with zero attached hydrogens (tertiary/aromatic N) is 1. The summed E-state index contributed by atoms with van der Waals surface area (Å²) in [7, 11) is 0. The number of piperidine rings is 1. The van der Waals surface area contributed by atoms with Gasteiger partial charge in [-0.05, 0) is 55.2 Å². The fourth-order valence-corrected chi connectivity index (χ4v) is 3.77. The van der Waals surface area contributed by atoms with Crippen molar-refractivity contribution in [2.75, 3.05) is 19.9 Å². The Hall–Kier alpha value is -2.73. The molecule has 1 saturated heterocycles. The van der Waals surface area contributed by atoms with Crippen LogP contribution in [-0.4, -0.2) is 42.6 Å². The lowest BCUT2D eigenvalue weighted by molar-refractivity contribution is -0.132. The topological polar surface area (TPSA) is 67.9 Å². The van der Waals surface area contributed by atoms with Crippen LogP contribution < -0.4 is 14.8 Å². The van der Waals surface area contributed by atoms with Crippen LogP contribution in [-0.2, 0) is 11.2 Å². The molecule has 2 heterocycles. The van der Waals surface area contributed by atoms with Crippen molar-refractivity contribution in [3.63, 3.8) is 0 Å². The fraction of sp³-hybridized carbons (Fsp3) is 0.364. The molecule has 0 bridgehead atoms. The monoisotopic (exact) mass is 414 g/mol. The van der Waals surface area contributed by atoms with E-state index in [1.54, 1.807) is 18.2 Å². The summed E-state index contributed by atoms with van der Waals surface area (Å²) in [5.74, 6) is 1.28. The van der Waals surface area contributed by atoms with Gasteiger partial charge >= 0.3 is 0 Å². The van der Waals surface area contributed by atoms with Gasteiger partial charge in [-0.1, -0.05) is 23.7 Å². The molecule has 2 aliphatic rings. The number of hydrogen-bond donors (Lipinski definition) is 1. The van der Waals surface area contributed by atoms with Crippen LogP contribution in [0.2, 0.25) is 5.02 Å². The molecule has 152 valence electrons. The largest absolute Gasteiger partial charge is 0.454 e. The number of likely N-dealkylation sites (tertiary alicyclic amines) is 1. The molecule has 0 aliphatic carbocycles. The van der Waals surface area contributed by atoms with Crippen LogP contribution in [0.5, 0.6) is 11.5 Å². The Morgan fingerprint density at radius 1 is 1.03 bits per heavy atom. The lowest BCUT2D eigenvalue weighted by Gasteiger charge is -2.32. The highest BCUT2D eigenvalue weighted by Crippen LogP contribution is 2.32. The zero-order valence-electron chi connectivity index (χ0n) is 16.0. The van der Waals surface area contributed by atoms with Crippen molar-refractivity contribution in [2.24, 2.45) is 0 Å². The van der Waals surface area contributed by atoms with Crippen LogP contribution in [0.25, 0.3) is 0 Å². The van der Waals surface area contributed by atoms with E-state index in [4.69, 9.17) is 21.1 Å². The number of hydrogen-bond acceptors (Lipinski definition) is 4. The molecule has 2 amide bonds. The predicted molar refractivity (Wildman–Crippen MR) is 109 cm³/mol. The molecule has 2 aromatic carbocycles. The first kappa shape index (κ1) is 19.6. The van der Waals surface area contributed by atoms with Gasteiger partial charge in [-0.25, -0.2) is 0 Å². The van der Waals surface area contributed by atoms with Gasteiger partial charge in [0.2, 0.25) is 12.7 Å². The van der Waals surface area contributed by atoms with E-state index in [9.17, 15) is 9.59 Å². The number of benzene rings is 2. The van der Waals surface area contributed by atoms with Crippen molar-refractivity contribution in [2.45, 2.75) is 31.7 Å². The van der Waals surface area contributed by atoms with E-state index in [1.165, 1.54) is 0 Å². The summed E-state index contributed by atoms with van der Waals surface area (Å²) >= 11 is 5.89. The average molecular weight is 415 g/mol. The van der Waals surface area contributed by atoms with E-state index >= 15 is 0 Å². The second-order valence-corrected chi connectivity index (χ2v) is 7.76. The number of halogens is 1. The molecular formula is C22H23ClN2O4. The number of amides is 2. The van der Waals surface area contributed by atoms with Crippen LogP contribution in [0, 0.1) is 0 Å². The minimum absolute atomic E-state index is 0.0632. The van der Waals surface area contributed by atoms with Gasteiger partial charge in [0, 0.05) is 36.1 Å². The zero-order valence-corrected chi connectivity index (χ0v) is 16.8. The second-order valence-electron chi connectivity index (χ2n) is 7.32. The lowest BCUT2D eigenvalue weighted by Crippen LogP contribution is -2.46. The number of aryl methyl sites for hydroxylation is 1. The quantitative estimate of drug-likeness (QED) is 0.814. The zero-order chi connectivity index (χ0) is 20.2. The Balaban J connectivity index is 1.23. The number of carbonyl (C=O) groups excluding carboxylic acids is 2. The van der Waals surface area contributed by atoms with E-state index < -0.39 is 0 Å². The average Bonchev–Trinajstić information content (AvgIpc) is 3.21. The maximum atomic E-state index is 12.5. The minimum Gasteiger partial charge on any atom is -0.454 e. The van der Waals surface area contributed by atoms with Gasteiger partial charge in [0.25, 0.3) is 5.91 Å². The number of rotatable bonds is 5. The molecule has 1 N–H and O–H groups in total. The Morgan fingerprint density at radius 2 is 1.76 bits per heavy atom. The summed E-state index contributed by atoms with van der Waals surface area (Å²) in [4.78, 5) is 26.9. The highest BCUT2D eigenvalue weighted by Gasteiger charge is 2.24. The fourth-order valence-electron chi connectivity index (χ4n) is 3.64. The van der Waals surface area contributed by atoms with E-state index in [-0.39, 0.29) is 24.6 Å². The number of fused-ring (bicyclic) bond motifs is 1. The van der Waals surface area contributed by atoms with Crippen LogP contribution in [0.1, 0.15) is 35.2 Å². The van der Waals surface area contributed by atoms with Gasteiger partial charge in [-0.15, -0.1) is 0 Å². The van der Waals surface area contributed by atoms with Gasteiger partial charge in [0.05, 0.1) is 0 Å². The first-order valence-corrected chi connectivity index (χ1v) is 10.2. The second kappa shape index (κ2) is 8.74. The number of carbonyl (C=O) groups is 2.